The van der Waals surface area contributed by atoms with E-state index in [2.05, 4.69) is 4.72 Å². The Hall–Kier alpha value is -0.310. The summed E-state index contributed by atoms with van der Waals surface area (Å²) in [5, 5.41) is -0.238. The molecule has 22 heavy (non-hydrogen) atoms. The summed E-state index contributed by atoms with van der Waals surface area (Å²) in [6.45, 7) is 1.14. The molecule has 0 radical (unpaired) electrons. The molecule has 3 N–H and O–H groups in total. The minimum atomic E-state index is -3.21. The summed E-state index contributed by atoms with van der Waals surface area (Å²) in [6.07, 6.45) is 5.78. The van der Waals surface area contributed by atoms with Crippen LogP contribution in [0.25, 0.3) is 0 Å². The van der Waals surface area contributed by atoms with Gasteiger partial charge in [-0.2, -0.15) is 0 Å². The van der Waals surface area contributed by atoms with Gasteiger partial charge in [-0.15, -0.1) is 11.8 Å². The first kappa shape index (κ1) is 18.0. The third-order valence-corrected chi connectivity index (χ3v) is 7.29. The maximum atomic E-state index is 12.2. The Balaban J connectivity index is 1.66. The molecule has 1 aliphatic heterocycles. The molecule has 1 amide bonds. The topological polar surface area (TPSA) is 92.5 Å². The van der Waals surface area contributed by atoms with E-state index >= 15 is 0 Å². The van der Waals surface area contributed by atoms with Crippen molar-refractivity contribution < 1.29 is 13.2 Å². The molecular weight excluding hydrogens is 322 g/mol. The first-order valence-electron chi connectivity index (χ1n) is 8.11. The molecular formula is C14H27N3O3S2. The highest BCUT2D eigenvalue weighted by Crippen LogP contribution is 2.23. The van der Waals surface area contributed by atoms with Crippen molar-refractivity contribution in [3.63, 3.8) is 0 Å². The normalized spacial score (nSPS) is 22.0. The van der Waals surface area contributed by atoms with E-state index in [4.69, 9.17) is 5.73 Å². The summed E-state index contributed by atoms with van der Waals surface area (Å²) >= 11 is 1.73. The standard InChI is InChI=1S/C14H27N3O3S2/c15-13(14(18)17-9-10-21-11-17)7-4-8-16-22(19,20)12-5-2-1-3-6-12/h12-13,16H,1-11,15H2/t13-/m0/s1. The molecule has 1 atom stereocenters. The average Bonchev–Trinajstić information content (AvgIpc) is 3.06. The van der Waals surface area contributed by atoms with Gasteiger partial charge in [-0.3, -0.25) is 4.79 Å². The van der Waals surface area contributed by atoms with Gasteiger partial charge in [-0.25, -0.2) is 13.1 Å². The van der Waals surface area contributed by atoms with Crippen molar-refractivity contribution in [2.45, 2.75) is 56.2 Å². The second-order valence-corrected chi connectivity index (χ2v) is 9.21. The Labute approximate surface area is 137 Å². The van der Waals surface area contributed by atoms with E-state index in [9.17, 15) is 13.2 Å². The van der Waals surface area contributed by atoms with Crippen LogP contribution in [0.15, 0.2) is 0 Å². The van der Waals surface area contributed by atoms with Crippen molar-refractivity contribution in [2.24, 2.45) is 5.73 Å². The highest BCUT2D eigenvalue weighted by molar-refractivity contribution is 7.99. The van der Waals surface area contributed by atoms with E-state index in [-0.39, 0.29) is 11.2 Å². The second kappa shape index (κ2) is 8.52. The van der Waals surface area contributed by atoms with Crippen LogP contribution in [0.2, 0.25) is 0 Å². The van der Waals surface area contributed by atoms with E-state index in [0.717, 1.165) is 50.3 Å². The van der Waals surface area contributed by atoms with Crippen molar-refractivity contribution in [3.8, 4) is 0 Å². The van der Waals surface area contributed by atoms with E-state index in [1.54, 1.807) is 16.7 Å². The number of carbonyl (C=O) groups is 1. The van der Waals surface area contributed by atoms with Crippen LogP contribution in [0.4, 0.5) is 0 Å². The Morgan fingerprint density at radius 2 is 2.05 bits per heavy atom. The van der Waals surface area contributed by atoms with Crippen LogP contribution >= 0.6 is 11.8 Å². The Morgan fingerprint density at radius 3 is 2.68 bits per heavy atom. The van der Waals surface area contributed by atoms with Gasteiger partial charge >= 0.3 is 0 Å². The summed E-state index contributed by atoms with van der Waals surface area (Å²) in [5.41, 5.74) is 5.91. The van der Waals surface area contributed by atoms with Gasteiger partial charge in [0.1, 0.15) is 0 Å². The number of hydrogen-bond donors (Lipinski definition) is 2. The van der Waals surface area contributed by atoms with E-state index in [1.165, 1.54) is 0 Å². The lowest BCUT2D eigenvalue weighted by atomic mass is 10.0. The monoisotopic (exact) mass is 349 g/mol. The Bertz CT molecular complexity index is 458. The van der Waals surface area contributed by atoms with Crippen LogP contribution in [0.3, 0.4) is 0 Å². The number of thioether (sulfide) groups is 1. The van der Waals surface area contributed by atoms with Gasteiger partial charge in [0.15, 0.2) is 0 Å². The lowest BCUT2D eigenvalue weighted by molar-refractivity contribution is -0.131. The molecule has 0 spiro atoms. The third kappa shape index (κ3) is 5.11. The van der Waals surface area contributed by atoms with Gasteiger partial charge in [-0.1, -0.05) is 19.3 Å². The molecule has 1 heterocycles. The second-order valence-electron chi connectivity index (χ2n) is 6.09. The number of amides is 1. The molecule has 1 saturated heterocycles. The van der Waals surface area contributed by atoms with Gasteiger partial charge in [0.2, 0.25) is 15.9 Å². The molecule has 0 bridgehead atoms. The fraction of sp³-hybridized carbons (Fsp3) is 0.929. The summed E-state index contributed by atoms with van der Waals surface area (Å²) in [6, 6.07) is -0.516. The zero-order chi connectivity index (χ0) is 16.0. The maximum absolute atomic E-state index is 12.2. The van der Waals surface area contributed by atoms with Crippen LogP contribution in [0, 0.1) is 0 Å². The van der Waals surface area contributed by atoms with E-state index in [0.29, 0.717) is 19.4 Å². The molecule has 0 aromatic carbocycles. The van der Waals surface area contributed by atoms with Crippen LogP contribution in [-0.4, -0.2) is 55.2 Å². The fourth-order valence-electron chi connectivity index (χ4n) is 2.98. The first-order valence-corrected chi connectivity index (χ1v) is 10.8. The number of sulfonamides is 1. The summed E-state index contributed by atoms with van der Waals surface area (Å²) in [7, 11) is -3.21. The average molecular weight is 350 g/mol. The highest BCUT2D eigenvalue weighted by atomic mass is 32.2. The van der Waals surface area contributed by atoms with Crippen molar-refractivity contribution in [1.29, 1.82) is 0 Å². The van der Waals surface area contributed by atoms with Gasteiger partial charge in [0.05, 0.1) is 17.2 Å². The molecule has 6 nitrogen and oxygen atoms in total. The van der Waals surface area contributed by atoms with Gasteiger partial charge in [0, 0.05) is 18.8 Å². The van der Waals surface area contributed by atoms with Gasteiger partial charge < -0.3 is 10.6 Å². The summed E-state index contributed by atoms with van der Waals surface area (Å²) < 4.78 is 27.0. The van der Waals surface area contributed by atoms with Gasteiger partial charge in [-0.05, 0) is 25.7 Å². The number of nitrogens with one attached hydrogen (secondary N) is 1. The third-order valence-electron chi connectivity index (χ3n) is 4.37. The minimum Gasteiger partial charge on any atom is -0.331 e. The van der Waals surface area contributed by atoms with E-state index < -0.39 is 16.1 Å². The molecule has 2 rings (SSSR count). The first-order chi connectivity index (χ1) is 10.5. The molecule has 1 aliphatic carbocycles. The SMILES string of the molecule is N[C@@H](CCCNS(=O)(=O)C1CCCCC1)C(=O)N1CCSC1. The van der Waals surface area contributed by atoms with Crippen LogP contribution in [0.1, 0.15) is 44.9 Å². The molecule has 128 valence electrons. The van der Waals surface area contributed by atoms with Crippen LogP contribution in [-0.2, 0) is 14.8 Å². The summed E-state index contributed by atoms with van der Waals surface area (Å²) in [5.74, 6) is 1.68. The maximum Gasteiger partial charge on any atom is 0.240 e. The molecule has 8 heteroatoms. The van der Waals surface area contributed by atoms with Crippen LogP contribution in [0.5, 0.6) is 0 Å². The number of nitrogens with zero attached hydrogens (tertiary/aromatic N) is 1. The molecule has 0 aromatic rings. The van der Waals surface area contributed by atoms with Crippen molar-refractivity contribution in [2.75, 3.05) is 24.7 Å². The molecule has 1 saturated carbocycles. The zero-order valence-electron chi connectivity index (χ0n) is 13.0. The molecule has 2 aliphatic rings. The Kier molecular flexibility index (Phi) is 6.98. The number of hydrogen-bond acceptors (Lipinski definition) is 5. The quantitative estimate of drug-likeness (QED) is 0.666. The van der Waals surface area contributed by atoms with Crippen molar-refractivity contribution in [1.82, 2.24) is 9.62 Å². The van der Waals surface area contributed by atoms with Crippen molar-refractivity contribution in [3.05, 3.63) is 0 Å². The number of carbonyl (C=O) groups excluding carboxylic acids is 1. The number of rotatable bonds is 7. The van der Waals surface area contributed by atoms with Gasteiger partial charge in [0.25, 0.3) is 0 Å². The molecule has 0 aromatic heterocycles. The smallest absolute Gasteiger partial charge is 0.240 e. The van der Waals surface area contributed by atoms with Crippen molar-refractivity contribution >= 4 is 27.7 Å². The summed E-state index contributed by atoms with van der Waals surface area (Å²) in [4.78, 5) is 13.8. The zero-order valence-corrected chi connectivity index (χ0v) is 14.6. The predicted molar refractivity (Wildman–Crippen MR) is 90.0 cm³/mol. The minimum absolute atomic E-state index is 0.0138. The predicted octanol–water partition coefficient (Wildman–Crippen LogP) is 0.879. The Morgan fingerprint density at radius 1 is 1.32 bits per heavy atom. The lowest BCUT2D eigenvalue weighted by Crippen LogP contribution is -2.43. The largest absolute Gasteiger partial charge is 0.331 e. The molecule has 2 fully saturated rings. The fourth-order valence-corrected chi connectivity index (χ4v) is 5.55. The van der Waals surface area contributed by atoms with E-state index in [1.807, 2.05) is 0 Å². The number of nitrogens with two attached hydrogens (primary N) is 1. The lowest BCUT2D eigenvalue weighted by Gasteiger charge is -2.22. The van der Waals surface area contributed by atoms with Crippen LogP contribution < -0.4 is 10.5 Å². The molecule has 0 unspecified atom stereocenters. The highest BCUT2D eigenvalue weighted by Gasteiger charge is 2.27.